The Kier molecular flexibility index (Phi) is 4.03. The highest BCUT2D eigenvalue weighted by molar-refractivity contribution is 5.92. The molecule has 1 aromatic heterocycles. The first-order valence-electron chi connectivity index (χ1n) is 8.64. The number of rotatable bonds is 3. The third-order valence-corrected chi connectivity index (χ3v) is 4.41. The highest BCUT2D eigenvalue weighted by Crippen LogP contribution is 2.34. The summed E-state index contributed by atoms with van der Waals surface area (Å²) in [5, 5.41) is 2.97. The quantitative estimate of drug-likeness (QED) is 0.786. The normalized spacial score (nSPS) is 13.0. The van der Waals surface area contributed by atoms with Crippen LogP contribution in [0.1, 0.15) is 17.0 Å². The molecule has 6 nitrogen and oxygen atoms in total. The topological polar surface area (TPSA) is 65.4 Å². The maximum absolute atomic E-state index is 12.6. The van der Waals surface area contributed by atoms with Gasteiger partial charge in [0.25, 0.3) is 0 Å². The van der Waals surface area contributed by atoms with Gasteiger partial charge in [-0.15, -0.1) is 0 Å². The summed E-state index contributed by atoms with van der Waals surface area (Å²) in [6.45, 7) is 7.18. The predicted octanol–water partition coefficient (Wildman–Crippen LogP) is 3.37. The molecule has 4 rings (SSSR count). The molecule has 0 radical (unpaired) electrons. The lowest BCUT2D eigenvalue weighted by molar-refractivity contribution is -0.116. The largest absolute Gasteiger partial charge is 0.486 e. The molecule has 0 spiro atoms. The molecule has 0 atom stereocenters. The number of carbonyl (C=O) groups is 1. The lowest BCUT2D eigenvalue weighted by atomic mass is 10.1. The van der Waals surface area contributed by atoms with Crippen LogP contribution in [0.4, 0.5) is 5.69 Å². The van der Waals surface area contributed by atoms with Crippen LogP contribution in [0.25, 0.3) is 11.0 Å². The van der Waals surface area contributed by atoms with Crippen molar-refractivity contribution in [2.45, 2.75) is 27.3 Å². The van der Waals surface area contributed by atoms with Crippen LogP contribution in [0.15, 0.2) is 30.3 Å². The number of aromatic nitrogens is 2. The number of amides is 1. The summed E-state index contributed by atoms with van der Waals surface area (Å²) in [6.07, 6.45) is 0. The Morgan fingerprint density at radius 1 is 1.04 bits per heavy atom. The molecule has 0 aliphatic carbocycles. The first-order valence-corrected chi connectivity index (χ1v) is 8.64. The Labute approximate surface area is 151 Å². The Morgan fingerprint density at radius 3 is 2.38 bits per heavy atom. The van der Waals surface area contributed by atoms with Crippen molar-refractivity contribution in [2.24, 2.45) is 0 Å². The van der Waals surface area contributed by atoms with E-state index in [-0.39, 0.29) is 12.5 Å². The summed E-state index contributed by atoms with van der Waals surface area (Å²) in [4.78, 5) is 17.1. The molecule has 0 bridgehead atoms. The van der Waals surface area contributed by atoms with Gasteiger partial charge in [0, 0.05) is 17.8 Å². The summed E-state index contributed by atoms with van der Waals surface area (Å²) in [6, 6.07) is 9.77. The highest BCUT2D eigenvalue weighted by Gasteiger charge is 2.18. The molecule has 26 heavy (non-hydrogen) atoms. The fourth-order valence-electron chi connectivity index (χ4n) is 3.37. The third kappa shape index (κ3) is 3.10. The number of aryl methyl sites for hydroxylation is 3. The van der Waals surface area contributed by atoms with Gasteiger partial charge in [0.1, 0.15) is 25.6 Å². The van der Waals surface area contributed by atoms with E-state index in [0.29, 0.717) is 24.7 Å². The first kappa shape index (κ1) is 16.4. The van der Waals surface area contributed by atoms with Crippen LogP contribution in [0.5, 0.6) is 11.5 Å². The molecule has 1 aliphatic heterocycles. The lowest BCUT2D eigenvalue weighted by Gasteiger charge is -2.18. The molecule has 1 N–H and O–H groups in total. The summed E-state index contributed by atoms with van der Waals surface area (Å²) >= 11 is 0. The number of hydrogen-bond donors (Lipinski definition) is 1. The number of fused-ring (bicyclic) bond motifs is 2. The molecule has 0 saturated heterocycles. The third-order valence-electron chi connectivity index (χ3n) is 4.41. The van der Waals surface area contributed by atoms with Crippen molar-refractivity contribution in [3.63, 3.8) is 0 Å². The standard InChI is InChI=1S/C20H21N3O3/c1-12-6-13(2)8-15(7-12)22-20(24)11-23-14(3)21-16-9-18-19(10-17(16)23)26-5-4-25-18/h6-10H,4-5,11H2,1-3H3,(H,22,24). The van der Waals surface area contributed by atoms with E-state index in [1.807, 2.05) is 49.6 Å². The smallest absolute Gasteiger partial charge is 0.244 e. The molecular weight excluding hydrogens is 330 g/mol. The van der Waals surface area contributed by atoms with Gasteiger partial charge in [-0.25, -0.2) is 4.98 Å². The molecule has 2 aromatic carbocycles. The van der Waals surface area contributed by atoms with Crippen molar-refractivity contribution in [1.82, 2.24) is 9.55 Å². The molecule has 0 fully saturated rings. The zero-order chi connectivity index (χ0) is 18.3. The lowest BCUT2D eigenvalue weighted by Crippen LogP contribution is -2.20. The minimum absolute atomic E-state index is 0.0905. The summed E-state index contributed by atoms with van der Waals surface area (Å²) in [5.41, 5.74) is 4.71. The van der Waals surface area contributed by atoms with Crippen LogP contribution < -0.4 is 14.8 Å². The van der Waals surface area contributed by atoms with Gasteiger partial charge < -0.3 is 19.4 Å². The van der Waals surface area contributed by atoms with E-state index in [2.05, 4.69) is 16.4 Å². The van der Waals surface area contributed by atoms with Crippen LogP contribution >= 0.6 is 0 Å². The summed E-state index contributed by atoms with van der Waals surface area (Å²) in [7, 11) is 0. The van der Waals surface area contributed by atoms with Crippen LogP contribution in [0, 0.1) is 20.8 Å². The van der Waals surface area contributed by atoms with E-state index >= 15 is 0 Å². The number of imidazole rings is 1. The monoisotopic (exact) mass is 351 g/mol. The number of carbonyl (C=O) groups excluding carboxylic acids is 1. The van der Waals surface area contributed by atoms with E-state index in [1.54, 1.807) is 0 Å². The minimum Gasteiger partial charge on any atom is -0.486 e. The number of ether oxygens (including phenoxy) is 2. The molecule has 1 amide bonds. The van der Waals surface area contributed by atoms with Gasteiger partial charge in [-0.2, -0.15) is 0 Å². The molecular formula is C20H21N3O3. The van der Waals surface area contributed by atoms with Gasteiger partial charge in [0.2, 0.25) is 5.91 Å². The molecule has 2 heterocycles. The maximum atomic E-state index is 12.6. The van der Waals surface area contributed by atoms with Crippen molar-refractivity contribution < 1.29 is 14.3 Å². The number of hydrogen-bond acceptors (Lipinski definition) is 4. The Morgan fingerprint density at radius 2 is 1.69 bits per heavy atom. The van der Waals surface area contributed by atoms with Gasteiger partial charge in [-0.1, -0.05) is 6.07 Å². The van der Waals surface area contributed by atoms with E-state index in [4.69, 9.17) is 9.47 Å². The number of anilines is 1. The average Bonchev–Trinajstić information content (AvgIpc) is 2.86. The Bertz CT molecular complexity index is 987. The first-order chi connectivity index (χ1) is 12.5. The summed E-state index contributed by atoms with van der Waals surface area (Å²) in [5.74, 6) is 2.08. The molecule has 0 saturated carbocycles. The Balaban J connectivity index is 1.62. The predicted molar refractivity (Wildman–Crippen MR) is 100 cm³/mol. The maximum Gasteiger partial charge on any atom is 0.244 e. The summed E-state index contributed by atoms with van der Waals surface area (Å²) < 4.78 is 13.2. The second-order valence-corrected chi connectivity index (χ2v) is 6.65. The molecule has 134 valence electrons. The van der Waals surface area contributed by atoms with Gasteiger partial charge in [-0.3, -0.25) is 4.79 Å². The van der Waals surface area contributed by atoms with Gasteiger partial charge in [0.05, 0.1) is 11.0 Å². The van der Waals surface area contributed by atoms with Crippen molar-refractivity contribution in [3.8, 4) is 11.5 Å². The van der Waals surface area contributed by atoms with Gasteiger partial charge in [-0.05, 0) is 44.0 Å². The van der Waals surface area contributed by atoms with E-state index in [1.165, 1.54) is 0 Å². The zero-order valence-corrected chi connectivity index (χ0v) is 15.1. The van der Waals surface area contributed by atoms with Crippen LogP contribution in [0.3, 0.4) is 0 Å². The van der Waals surface area contributed by atoms with Crippen LogP contribution in [0.2, 0.25) is 0 Å². The highest BCUT2D eigenvalue weighted by atomic mass is 16.6. The van der Waals surface area contributed by atoms with E-state index in [9.17, 15) is 4.79 Å². The molecule has 3 aromatic rings. The minimum atomic E-state index is -0.0905. The SMILES string of the molecule is Cc1cc(C)cc(NC(=O)Cn2c(C)nc3cc4c(cc32)OCCO4)c1. The van der Waals surface area contributed by atoms with E-state index < -0.39 is 0 Å². The number of nitrogens with one attached hydrogen (secondary N) is 1. The van der Waals surface area contributed by atoms with Crippen molar-refractivity contribution in [2.75, 3.05) is 18.5 Å². The Hall–Kier alpha value is -3.02. The average molecular weight is 351 g/mol. The fourth-order valence-corrected chi connectivity index (χ4v) is 3.37. The van der Waals surface area contributed by atoms with Crippen molar-refractivity contribution in [3.05, 3.63) is 47.3 Å². The molecule has 6 heteroatoms. The van der Waals surface area contributed by atoms with Gasteiger partial charge >= 0.3 is 0 Å². The second kappa shape index (κ2) is 6.37. The fraction of sp³-hybridized carbons (Fsp3) is 0.300. The van der Waals surface area contributed by atoms with E-state index in [0.717, 1.165) is 33.7 Å². The number of benzene rings is 2. The van der Waals surface area contributed by atoms with Crippen molar-refractivity contribution in [1.29, 1.82) is 0 Å². The second-order valence-electron chi connectivity index (χ2n) is 6.65. The molecule has 0 unspecified atom stereocenters. The van der Waals surface area contributed by atoms with Crippen molar-refractivity contribution >= 4 is 22.6 Å². The van der Waals surface area contributed by atoms with Crippen LogP contribution in [-0.2, 0) is 11.3 Å². The van der Waals surface area contributed by atoms with Crippen LogP contribution in [-0.4, -0.2) is 28.7 Å². The zero-order valence-electron chi connectivity index (χ0n) is 15.1. The number of nitrogens with zero attached hydrogens (tertiary/aromatic N) is 2. The molecule has 1 aliphatic rings. The van der Waals surface area contributed by atoms with Gasteiger partial charge in [0.15, 0.2) is 11.5 Å².